The number of phenols is 1. The highest BCUT2D eigenvalue weighted by Crippen LogP contribution is 2.28. The van der Waals surface area contributed by atoms with Gasteiger partial charge in [0.15, 0.2) is 0 Å². The second-order valence-electron chi connectivity index (χ2n) is 4.81. The van der Waals surface area contributed by atoms with Gasteiger partial charge in [-0.3, -0.25) is 0 Å². The van der Waals surface area contributed by atoms with Gasteiger partial charge in [0.1, 0.15) is 22.8 Å². The average molecular weight is 272 g/mol. The Bertz CT molecular complexity index is 615. The van der Waals surface area contributed by atoms with E-state index >= 15 is 0 Å². The van der Waals surface area contributed by atoms with Gasteiger partial charge in [0.05, 0.1) is 0 Å². The summed E-state index contributed by atoms with van der Waals surface area (Å²) in [6.07, 6.45) is 0. The van der Waals surface area contributed by atoms with E-state index in [0.717, 1.165) is 0 Å². The van der Waals surface area contributed by atoms with E-state index in [1.165, 1.54) is 23.8 Å². The summed E-state index contributed by atoms with van der Waals surface area (Å²) in [4.78, 5) is 10.8. The van der Waals surface area contributed by atoms with Gasteiger partial charge in [-0.15, -0.1) is 0 Å². The molecule has 0 fully saturated rings. The highest BCUT2D eigenvalue weighted by atomic mass is 16.5. The van der Waals surface area contributed by atoms with Gasteiger partial charge in [-0.1, -0.05) is 26.0 Å². The molecule has 0 aromatic heterocycles. The van der Waals surface area contributed by atoms with Crippen LogP contribution in [0, 0.1) is 0 Å². The zero-order chi connectivity index (χ0) is 14.7. The maximum Gasteiger partial charge on any atom is 0.339 e. The Hall–Kier alpha value is -2.49. The molecule has 0 aliphatic rings. The van der Waals surface area contributed by atoms with Gasteiger partial charge in [-0.05, 0) is 35.7 Å². The van der Waals surface area contributed by atoms with E-state index in [9.17, 15) is 9.90 Å². The molecule has 0 aliphatic heterocycles. The van der Waals surface area contributed by atoms with Crippen molar-refractivity contribution in [1.82, 2.24) is 0 Å². The second-order valence-corrected chi connectivity index (χ2v) is 4.81. The van der Waals surface area contributed by atoms with Crippen LogP contribution in [0.4, 0.5) is 0 Å². The number of aromatic carboxylic acids is 1. The average Bonchev–Trinajstić information content (AvgIpc) is 2.39. The van der Waals surface area contributed by atoms with E-state index in [4.69, 9.17) is 9.84 Å². The van der Waals surface area contributed by atoms with Crippen LogP contribution in [0.15, 0.2) is 42.5 Å². The summed E-state index contributed by atoms with van der Waals surface area (Å²) in [7, 11) is 0. The van der Waals surface area contributed by atoms with Crippen molar-refractivity contribution < 1.29 is 19.7 Å². The molecule has 0 unspecified atom stereocenters. The van der Waals surface area contributed by atoms with Crippen LogP contribution in [0.3, 0.4) is 0 Å². The fraction of sp³-hybridized carbons (Fsp3) is 0.188. The van der Waals surface area contributed by atoms with Crippen LogP contribution in [0.2, 0.25) is 0 Å². The third-order valence-corrected chi connectivity index (χ3v) is 2.98. The Morgan fingerprint density at radius 2 is 1.65 bits per heavy atom. The topological polar surface area (TPSA) is 66.8 Å². The maximum atomic E-state index is 10.8. The molecule has 2 aromatic rings. The zero-order valence-corrected chi connectivity index (χ0v) is 11.3. The minimum absolute atomic E-state index is 0.146. The van der Waals surface area contributed by atoms with Gasteiger partial charge in [0.25, 0.3) is 0 Å². The van der Waals surface area contributed by atoms with E-state index in [1.54, 1.807) is 0 Å². The Balaban J connectivity index is 2.17. The molecule has 0 atom stereocenters. The van der Waals surface area contributed by atoms with Gasteiger partial charge in [0, 0.05) is 6.07 Å². The zero-order valence-electron chi connectivity index (χ0n) is 11.3. The summed E-state index contributed by atoms with van der Waals surface area (Å²) in [5.41, 5.74) is 1.06. The lowest BCUT2D eigenvalue weighted by atomic mass is 10.0. The lowest BCUT2D eigenvalue weighted by molar-refractivity contribution is 0.0693. The lowest BCUT2D eigenvalue weighted by Gasteiger charge is -2.09. The molecular weight excluding hydrogens is 256 g/mol. The van der Waals surface area contributed by atoms with Gasteiger partial charge in [-0.2, -0.15) is 0 Å². The van der Waals surface area contributed by atoms with Crippen molar-refractivity contribution in [1.29, 1.82) is 0 Å². The molecule has 0 amide bonds. The quantitative estimate of drug-likeness (QED) is 0.882. The fourth-order valence-corrected chi connectivity index (χ4v) is 1.81. The maximum absolute atomic E-state index is 10.8. The van der Waals surface area contributed by atoms with Crippen molar-refractivity contribution in [3.63, 3.8) is 0 Å². The number of hydrogen-bond donors (Lipinski definition) is 2. The first-order chi connectivity index (χ1) is 9.47. The standard InChI is InChI=1S/C16H16O4/c1-10(2)11-3-5-12(6-4-11)20-13-7-8-14(16(18)19)15(17)9-13/h3-10,17H,1-2H3,(H,18,19). The van der Waals surface area contributed by atoms with E-state index in [0.29, 0.717) is 17.4 Å². The molecule has 0 spiro atoms. The van der Waals surface area contributed by atoms with Crippen LogP contribution in [0.1, 0.15) is 35.7 Å². The number of hydrogen-bond acceptors (Lipinski definition) is 3. The highest BCUT2D eigenvalue weighted by Gasteiger charge is 2.10. The van der Waals surface area contributed by atoms with E-state index in [-0.39, 0.29) is 11.3 Å². The molecule has 0 saturated heterocycles. The van der Waals surface area contributed by atoms with Gasteiger partial charge in [-0.25, -0.2) is 4.79 Å². The molecule has 0 radical (unpaired) electrons. The fourth-order valence-electron chi connectivity index (χ4n) is 1.81. The first kappa shape index (κ1) is 13.9. The molecule has 0 bridgehead atoms. The molecular formula is C16H16O4. The van der Waals surface area contributed by atoms with Crippen LogP contribution in [0.5, 0.6) is 17.2 Å². The predicted octanol–water partition coefficient (Wildman–Crippen LogP) is 4.01. The SMILES string of the molecule is CC(C)c1ccc(Oc2ccc(C(=O)O)c(O)c2)cc1. The minimum Gasteiger partial charge on any atom is -0.507 e. The summed E-state index contributed by atoms with van der Waals surface area (Å²) < 4.78 is 5.58. The number of rotatable bonds is 4. The van der Waals surface area contributed by atoms with Crippen molar-refractivity contribution in [2.75, 3.05) is 0 Å². The molecule has 0 heterocycles. The smallest absolute Gasteiger partial charge is 0.339 e. The predicted molar refractivity (Wildman–Crippen MR) is 75.7 cm³/mol. The Kier molecular flexibility index (Phi) is 3.94. The molecule has 2 N–H and O–H groups in total. The van der Waals surface area contributed by atoms with Crippen LogP contribution in [-0.4, -0.2) is 16.2 Å². The molecule has 0 aliphatic carbocycles. The Labute approximate surface area is 117 Å². The lowest BCUT2D eigenvalue weighted by Crippen LogP contribution is -1.96. The summed E-state index contributed by atoms with van der Waals surface area (Å²) in [5, 5.41) is 18.4. The minimum atomic E-state index is -1.17. The Morgan fingerprint density at radius 3 is 2.15 bits per heavy atom. The molecule has 2 aromatic carbocycles. The summed E-state index contributed by atoms with van der Waals surface area (Å²) in [6, 6.07) is 11.8. The Morgan fingerprint density at radius 1 is 1.05 bits per heavy atom. The summed E-state index contributed by atoms with van der Waals surface area (Å²) in [5.74, 6) is -0.00578. The van der Waals surface area contributed by atoms with Gasteiger partial charge >= 0.3 is 5.97 Å². The molecule has 104 valence electrons. The highest BCUT2D eigenvalue weighted by molar-refractivity contribution is 5.90. The number of ether oxygens (including phenoxy) is 1. The molecule has 4 nitrogen and oxygen atoms in total. The van der Waals surface area contributed by atoms with Crippen molar-refractivity contribution >= 4 is 5.97 Å². The number of carboxylic acid groups (broad SMARTS) is 1. The van der Waals surface area contributed by atoms with E-state index in [1.807, 2.05) is 24.3 Å². The third kappa shape index (κ3) is 3.09. The van der Waals surface area contributed by atoms with Crippen molar-refractivity contribution in [2.24, 2.45) is 0 Å². The van der Waals surface area contributed by atoms with Crippen molar-refractivity contribution in [3.8, 4) is 17.2 Å². The first-order valence-corrected chi connectivity index (χ1v) is 6.31. The molecule has 4 heteroatoms. The van der Waals surface area contributed by atoms with Gasteiger partial charge < -0.3 is 14.9 Å². The number of carboxylic acids is 1. The van der Waals surface area contributed by atoms with Crippen LogP contribution in [-0.2, 0) is 0 Å². The van der Waals surface area contributed by atoms with Crippen molar-refractivity contribution in [2.45, 2.75) is 19.8 Å². The van der Waals surface area contributed by atoms with Crippen LogP contribution in [0.25, 0.3) is 0 Å². The molecule has 0 saturated carbocycles. The monoisotopic (exact) mass is 272 g/mol. The summed E-state index contributed by atoms with van der Waals surface area (Å²) >= 11 is 0. The van der Waals surface area contributed by atoms with Crippen LogP contribution >= 0.6 is 0 Å². The number of benzene rings is 2. The number of carbonyl (C=O) groups is 1. The number of aromatic hydroxyl groups is 1. The summed E-state index contributed by atoms with van der Waals surface area (Å²) in [6.45, 7) is 4.22. The molecule has 20 heavy (non-hydrogen) atoms. The van der Waals surface area contributed by atoms with E-state index in [2.05, 4.69) is 13.8 Å². The van der Waals surface area contributed by atoms with Crippen molar-refractivity contribution in [3.05, 3.63) is 53.6 Å². The largest absolute Gasteiger partial charge is 0.507 e. The molecule has 2 rings (SSSR count). The van der Waals surface area contributed by atoms with Crippen LogP contribution < -0.4 is 4.74 Å². The normalized spacial score (nSPS) is 10.6. The first-order valence-electron chi connectivity index (χ1n) is 6.31. The van der Waals surface area contributed by atoms with E-state index < -0.39 is 5.97 Å². The van der Waals surface area contributed by atoms with Gasteiger partial charge in [0.2, 0.25) is 0 Å². The third-order valence-electron chi connectivity index (χ3n) is 2.98. The second kappa shape index (κ2) is 5.65.